The predicted octanol–water partition coefficient (Wildman–Crippen LogP) is 3.54. The molecule has 1 aliphatic rings. The molecule has 156 valence electrons. The van der Waals surface area contributed by atoms with Gasteiger partial charge in [0.1, 0.15) is 5.82 Å². The van der Waals surface area contributed by atoms with Crippen LogP contribution < -0.4 is 5.32 Å². The Morgan fingerprint density at radius 3 is 2.48 bits per heavy atom. The van der Waals surface area contributed by atoms with Crippen LogP contribution >= 0.6 is 0 Å². The Hall–Kier alpha value is -2.51. The van der Waals surface area contributed by atoms with Crippen LogP contribution in [0.3, 0.4) is 0 Å². The van der Waals surface area contributed by atoms with Gasteiger partial charge in [0, 0.05) is 12.1 Å². The highest BCUT2D eigenvalue weighted by Crippen LogP contribution is 2.32. The van der Waals surface area contributed by atoms with Crippen LogP contribution in [0.4, 0.5) is 8.78 Å². The summed E-state index contributed by atoms with van der Waals surface area (Å²) >= 11 is 0. The van der Waals surface area contributed by atoms with Crippen molar-refractivity contribution in [1.82, 2.24) is 5.32 Å². The molecule has 5 nitrogen and oxygen atoms in total. The molecule has 1 saturated carbocycles. The zero-order chi connectivity index (χ0) is 20.9. The minimum absolute atomic E-state index is 0.154. The number of phenolic OH excluding ortho intramolecular Hbond substituents is 1. The number of halogens is 2. The summed E-state index contributed by atoms with van der Waals surface area (Å²) in [7, 11) is 0. The Bertz CT molecular complexity index is 833. The van der Waals surface area contributed by atoms with Crippen molar-refractivity contribution in [2.45, 2.75) is 37.9 Å². The predicted molar refractivity (Wildman–Crippen MR) is 103 cm³/mol. The van der Waals surface area contributed by atoms with Gasteiger partial charge in [-0.05, 0) is 67.5 Å². The Morgan fingerprint density at radius 1 is 1.14 bits per heavy atom. The maximum Gasteiger partial charge on any atom is 0.251 e. The topological polar surface area (TPSA) is 78.8 Å². The van der Waals surface area contributed by atoms with Crippen molar-refractivity contribution in [3.05, 3.63) is 65.2 Å². The molecule has 2 aromatic carbocycles. The number of hydrogen-bond acceptors (Lipinski definition) is 4. The second kappa shape index (κ2) is 9.33. The number of aliphatic hydroxyl groups is 1. The fourth-order valence-electron chi connectivity index (χ4n) is 3.49. The Morgan fingerprint density at radius 2 is 1.83 bits per heavy atom. The number of hydrogen-bond donors (Lipinski definition) is 3. The van der Waals surface area contributed by atoms with E-state index in [1.165, 1.54) is 18.2 Å². The largest absolute Gasteiger partial charge is 0.505 e. The number of nitrogens with one attached hydrogen (secondary N) is 1. The van der Waals surface area contributed by atoms with Crippen molar-refractivity contribution in [2.75, 3.05) is 13.2 Å². The zero-order valence-electron chi connectivity index (χ0n) is 16.0. The first-order valence-corrected chi connectivity index (χ1v) is 9.66. The van der Waals surface area contributed by atoms with Crippen LogP contribution in [0.1, 0.15) is 41.6 Å². The molecular formula is C22H25F2NO4. The summed E-state index contributed by atoms with van der Waals surface area (Å²) in [6.45, 7) is 0.954. The molecule has 0 spiro atoms. The number of aromatic hydroxyl groups is 1. The van der Waals surface area contributed by atoms with Crippen molar-refractivity contribution < 1.29 is 28.5 Å². The molecule has 3 N–H and O–H groups in total. The molecule has 1 amide bonds. The second-order valence-corrected chi connectivity index (χ2v) is 7.66. The maximum atomic E-state index is 13.4. The number of phenols is 1. The van der Waals surface area contributed by atoms with E-state index >= 15 is 0 Å². The molecule has 0 atom stereocenters. The fraction of sp³-hybridized carbons (Fsp3) is 0.409. The van der Waals surface area contributed by atoms with Gasteiger partial charge in [0.2, 0.25) is 0 Å². The summed E-state index contributed by atoms with van der Waals surface area (Å²) in [5.41, 5.74) is 0.0968. The minimum Gasteiger partial charge on any atom is -0.505 e. The van der Waals surface area contributed by atoms with Gasteiger partial charge in [-0.25, -0.2) is 8.78 Å². The number of carbonyl (C=O) groups is 1. The highest BCUT2D eigenvalue weighted by Gasteiger charge is 2.33. The van der Waals surface area contributed by atoms with E-state index in [0.29, 0.717) is 26.0 Å². The van der Waals surface area contributed by atoms with E-state index in [1.54, 1.807) is 12.1 Å². The van der Waals surface area contributed by atoms with Gasteiger partial charge in [0.05, 0.1) is 18.8 Å². The highest BCUT2D eigenvalue weighted by atomic mass is 19.1. The fourth-order valence-corrected chi connectivity index (χ4v) is 3.49. The summed E-state index contributed by atoms with van der Waals surface area (Å²) in [6.07, 6.45) is 2.59. The summed E-state index contributed by atoms with van der Waals surface area (Å²) in [4.78, 5) is 12.1. The molecule has 1 fully saturated rings. The van der Waals surface area contributed by atoms with Crippen LogP contribution in [0, 0.1) is 17.6 Å². The molecule has 0 bridgehead atoms. The van der Waals surface area contributed by atoms with Gasteiger partial charge in [0.15, 0.2) is 11.6 Å². The third kappa shape index (κ3) is 5.98. The Balaban J connectivity index is 1.39. The van der Waals surface area contributed by atoms with Crippen molar-refractivity contribution in [1.29, 1.82) is 0 Å². The molecule has 1 aliphatic carbocycles. The molecule has 3 rings (SSSR count). The van der Waals surface area contributed by atoms with Gasteiger partial charge in [-0.2, -0.15) is 0 Å². The molecule has 0 saturated heterocycles. The Labute approximate surface area is 168 Å². The lowest BCUT2D eigenvalue weighted by molar-refractivity contribution is -0.0798. The SMILES string of the molecule is O=C(NCC1CCC(O)(COCc2ccc(F)cc2)CC1)c1ccc(O)c(F)c1. The smallest absolute Gasteiger partial charge is 0.251 e. The number of ether oxygens (including phenoxy) is 1. The lowest BCUT2D eigenvalue weighted by atomic mass is 9.79. The van der Waals surface area contributed by atoms with Gasteiger partial charge < -0.3 is 20.3 Å². The van der Waals surface area contributed by atoms with E-state index in [9.17, 15) is 23.8 Å². The third-order valence-corrected chi connectivity index (χ3v) is 5.35. The van der Waals surface area contributed by atoms with Crippen molar-refractivity contribution in [3.63, 3.8) is 0 Å². The maximum absolute atomic E-state index is 13.4. The summed E-state index contributed by atoms with van der Waals surface area (Å²) in [5.74, 6) is -1.80. The Kier molecular flexibility index (Phi) is 6.82. The summed E-state index contributed by atoms with van der Waals surface area (Å²) in [6, 6.07) is 9.57. The first-order chi connectivity index (χ1) is 13.8. The monoisotopic (exact) mass is 405 g/mol. The third-order valence-electron chi connectivity index (χ3n) is 5.35. The van der Waals surface area contributed by atoms with Crippen LogP contribution in [-0.2, 0) is 11.3 Å². The first-order valence-electron chi connectivity index (χ1n) is 9.66. The van der Waals surface area contributed by atoms with Crippen molar-refractivity contribution in [2.24, 2.45) is 5.92 Å². The highest BCUT2D eigenvalue weighted by molar-refractivity contribution is 5.94. The molecule has 0 radical (unpaired) electrons. The van der Waals surface area contributed by atoms with Crippen molar-refractivity contribution >= 4 is 5.91 Å². The van der Waals surface area contributed by atoms with Crippen LogP contribution in [0.2, 0.25) is 0 Å². The van der Waals surface area contributed by atoms with Gasteiger partial charge in [0.25, 0.3) is 5.91 Å². The quantitative estimate of drug-likeness (QED) is 0.658. The number of rotatable bonds is 7. The van der Waals surface area contributed by atoms with E-state index in [-0.39, 0.29) is 23.9 Å². The average Bonchev–Trinajstić information content (AvgIpc) is 2.71. The molecule has 7 heteroatoms. The van der Waals surface area contributed by atoms with Gasteiger partial charge in [-0.3, -0.25) is 4.79 Å². The number of amides is 1. The number of benzene rings is 2. The zero-order valence-corrected chi connectivity index (χ0v) is 16.0. The van der Waals surface area contributed by atoms with Gasteiger partial charge >= 0.3 is 0 Å². The summed E-state index contributed by atoms with van der Waals surface area (Å²) in [5, 5.41) is 22.7. The molecule has 29 heavy (non-hydrogen) atoms. The van der Waals surface area contributed by atoms with Crippen LogP contribution in [0.15, 0.2) is 42.5 Å². The van der Waals surface area contributed by atoms with E-state index in [1.807, 2.05) is 0 Å². The molecule has 2 aromatic rings. The normalized spacial score (nSPS) is 21.7. The van der Waals surface area contributed by atoms with Crippen LogP contribution in [-0.4, -0.2) is 34.9 Å². The van der Waals surface area contributed by atoms with Gasteiger partial charge in [-0.1, -0.05) is 12.1 Å². The molecule has 0 aromatic heterocycles. The molecule has 0 heterocycles. The van der Waals surface area contributed by atoms with E-state index < -0.39 is 23.1 Å². The molecular weight excluding hydrogens is 380 g/mol. The minimum atomic E-state index is -0.902. The summed E-state index contributed by atoms with van der Waals surface area (Å²) < 4.78 is 31.9. The van der Waals surface area contributed by atoms with E-state index in [0.717, 1.165) is 30.5 Å². The standard InChI is InChI=1S/C22H25F2NO4/c23-18-4-1-16(2-5-18)13-29-14-22(28)9-7-15(8-10-22)12-25-21(27)17-3-6-20(26)19(24)11-17/h1-6,11,15,26,28H,7-10,12-14H2,(H,25,27). The first kappa shape index (κ1) is 21.2. The van der Waals surface area contributed by atoms with E-state index in [2.05, 4.69) is 5.32 Å². The van der Waals surface area contributed by atoms with E-state index in [4.69, 9.17) is 4.74 Å². The second-order valence-electron chi connectivity index (χ2n) is 7.66. The molecule has 0 aliphatic heterocycles. The molecule has 0 unspecified atom stereocenters. The van der Waals surface area contributed by atoms with Crippen LogP contribution in [0.25, 0.3) is 0 Å². The number of carbonyl (C=O) groups excluding carboxylic acids is 1. The van der Waals surface area contributed by atoms with Crippen LogP contribution in [0.5, 0.6) is 5.75 Å². The van der Waals surface area contributed by atoms with Crippen molar-refractivity contribution in [3.8, 4) is 5.75 Å². The lowest BCUT2D eigenvalue weighted by Crippen LogP contribution is -2.41. The van der Waals surface area contributed by atoms with Gasteiger partial charge in [-0.15, -0.1) is 0 Å². The average molecular weight is 405 g/mol. The lowest BCUT2D eigenvalue weighted by Gasteiger charge is -2.35.